The molecule has 0 atom stereocenters. The standard InChI is InChI=1S/C12H22N4O4/c1-2-12(9(17)18)3-7-16(8-4-12)11(20)15-6-5-14-10(13)19/h2-8H2,1H3,(H,15,20)(H,17,18)(H3,13,14,19). The maximum Gasteiger partial charge on any atom is 0.317 e. The molecule has 1 aliphatic heterocycles. The van der Waals surface area contributed by atoms with Crippen molar-refractivity contribution in [2.75, 3.05) is 26.2 Å². The number of hydrogen-bond donors (Lipinski definition) is 4. The lowest BCUT2D eigenvalue weighted by Crippen LogP contribution is -2.50. The molecule has 1 fully saturated rings. The van der Waals surface area contributed by atoms with Crippen molar-refractivity contribution < 1.29 is 19.5 Å². The van der Waals surface area contributed by atoms with Crippen molar-refractivity contribution >= 4 is 18.0 Å². The molecule has 1 aliphatic rings. The van der Waals surface area contributed by atoms with E-state index in [9.17, 15) is 19.5 Å². The summed E-state index contributed by atoms with van der Waals surface area (Å²) in [4.78, 5) is 35.2. The summed E-state index contributed by atoms with van der Waals surface area (Å²) in [7, 11) is 0. The Bertz CT molecular complexity index is 378. The normalized spacial score (nSPS) is 17.4. The monoisotopic (exact) mass is 286 g/mol. The molecule has 0 saturated carbocycles. The van der Waals surface area contributed by atoms with Crippen LogP contribution in [0, 0.1) is 5.41 Å². The van der Waals surface area contributed by atoms with Gasteiger partial charge in [-0.2, -0.15) is 0 Å². The van der Waals surface area contributed by atoms with Crippen LogP contribution in [0.2, 0.25) is 0 Å². The van der Waals surface area contributed by atoms with E-state index < -0.39 is 17.4 Å². The van der Waals surface area contributed by atoms with Crippen molar-refractivity contribution in [1.82, 2.24) is 15.5 Å². The third kappa shape index (κ3) is 4.01. The smallest absolute Gasteiger partial charge is 0.317 e. The van der Waals surface area contributed by atoms with E-state index in [-0.39, 0.29) is 19.1 Å². The van der Waals surface area contributed by atoms with Gasteiger partial charge in [-0.05, 0) is 19.3 Å². The topological polar surface area (TPSA) is 125 Å². The third-order valence-electron chi connectivity index (χ3n) is 3.84. The lowest BCUT2D eigenvalue weighted by Gasteiger charge is -2.38. The highest BCUT2D eigenvalue weighted by Gasteiger charge is 2.40. The molecule has 1 saturated heterocycles. The van der Waals surface area contributed by atoms with Gasteiger partial charge in [-0.15, -0.1) is 0 Å². The second kappa shape index (κ2) is 6.97. The number of piperidine rings is 1. The molecule has 0 radical (unpaired) electrons. The van der Waals surface area contributed by atoms with E-state index in [1.165, 1.54) is 0 Å². The highest BCUT2D eigenvalue weighted by atomic mass is 16.4. The minimum absolute atomic E-state index is 0.244. The molecule has 0 spiro atoms. The largest absolute Gasteiger partial charge is 0.481 e. The predicted octanol–water partition coefficient (Wildman–Crippen LogP) is -0.0589. The van der Waals surface area contributed by atoms with Crippen molar-refractivity contribution in [3.8, 4) is 0 Å². The number of carboxylic acid groups (broad SMARTS) is 1. The predicted molar refractivity (Wildman–Crippen MR) is 72.2 cm³/mol. The summed E-state index contributed by atoms with van der Waals surface area (Å²) in [5.74, 6) is -0.786. The number of carbonyl (C=O) groups is 3. The summed E-state index contributed by atoms with van der Waals surface area (Å²) in [6.07, 6.45) is 1.50. The molecule has 8 heteroatoms. The average molecular weight is 286 g/mol. The molecular formula is C12H22N4O4. The Morgan fingerprint density at radius 3 is 2.20 bits per heavy atom. The van der Waals surface area contributed by atoms with Crippen LogP contribution in [-0.2, 0) is 4.79 Å². The van der Waals surface area contributed by atoms with Gasteiger partial charge in [0.1, 0.15) is 0 Å². The van der Waals surface area contributed by atoms with Crippen LogP contribution in [0.3, 0.4) is 0 Å². The lowest BCUT2D eigenvalue weighted by atomic mass is 9.76. The molecule has 0 aliphatic carbocycles. The molecule has 4 amide bonds. The van der Waals surface area contributed by atoms with Crippen LogP contribution in [0.1, 0.15) is 26.2 Å². The van der Waals surface area contributed by atoms with Crippen LogP contribution in [0.5, 0.6) is 0 Å². The van der Waals surface area contributed by atoms with Gasteiger partial charge in [0, 0.05) is 26.2 Å². The molecular weight excluding hydrogens is 264 g/mol. The third-order valence-corrected chi connectivity index (χ3v) is 3.84. The molecule has 5 N–H and O–H groups in total. The van der Waals surface area contributed by atoms with E-state index in [1.807, 2.05) is 6.92 Å². The highest BCUT2D eigenvalue weighted by Crippen LogP contribution is 2.34. The molecule has 0 aromatic rings. The van der Waals surface area contributed by atoms with Gasteiger partial charge in [0.2, 0.25) is 0 Å². The summed E-state index contributed by atoms with van der Waals surface area (Å²) >= 11 is 0. The van der Waals surface area contributed by atoms with E-state index in [0.29, 0.717) is 32.4 Å². The van der Waals surface area contributed by atoms with E-state index >= 15 is 0 Å². The molecule has 20 heavy (non-hydrogen) atoms. The Morgan fingerprint density at radius 1 is 1.20 bits per heavy atom. The van der Waals surface area contributed by atoms with Gasteiger partial charge in [0.05, 0.1) is 5.41 Å². The number of likely N-dealkylation sites (tertiary alicyclic amines) is 1. The Morgan fingerprint density at radius 2 is 1.75 bits per heavy atom. The highest BCUT2D eigenvalue weighted by molar-refractivity contribution is 5.77. The van der Waals surface area contributed by atoms with Crippen LogP contribution in [-0.4, -0.2) is 54.2 Å². The summed E-state index contributed by atoms with van der Waals surface area (Å²) in [5, 5.41) is 14.3. The number of hydrogen-bond acceptors (Lipinski definition) is 3. The minimum atomic E-state index is -0.786. The van der Waals surface area contributed by atoms with Crippen molar-refractivity contribution in [2.45, 2.75) is 26.2 Å². The van der Waals surface area contributed by atoms with Crippen LogP contribution in [0.4, 0.5) is 9.59 Å². The van der Waals surface area contributed by atoms with Crippen LogP contribution < -0.4 is 16.4 Å². The quantitative estimate of drug-likeness (QED) is 0.528. The minimum Gasteiger partial charge on any atom is -0.481 e. The van der Waals surface area contributed by atoms with Gasteiger partial charge in [-0.1, -0.05) is 6.92 Å². The Hall–Kier alpha value is -1.99. The second-order valence-electron chi connectivity index (χ2n) is 4.95. The Kier molecular flexibility index (Phi) is 5.60. The zero-order chi connectivity index (χ0) is 15.2. The van der Waals surface area contributed by atoms with E-state index in [2.05, 4.69) is 10.6 Å². The molecule has 1 heterocycles. The molecule has 0 aromatic heterocycles. The first kappa shape index (κ1) is 16.1. The first-order chi connectivity index (χ1) is 9.41. The van der Waals surface area contributed by atoms with E-state index in [0.717, 1.165) is 0 Å². The molecule has 0 bridgehead atoms. The van der Waals surface area contributed by atoms with Gasteiger partial charge in [0.25, 0.3) is 0 Å². The van der Waals surface area contributed by atoms with Gasteiger partial charge in [0.15, 0.2) is 0 Å². The first-order valence-corrected chi connectivity index (χ1v) is 6.71. The maximum absolute atomic E-state index is 11.8. The number of carbonyl (C=O) groups excluding carboxylic acids is 2. The van der Waals surface area contributed by atoms with E-state index in [4.69, 9.17) is 5.73 Å². The number of nitrogens with one attached hydrogen (secondary N) is 2. The number of primary amides is 1. The SMILES string of the molecule is CCC1(C(=O)O)CCN(C(=O)NCCNC(N)=O)CC1. The van der Waals surface area contributed by atoms with Gasteiger partial charge < -0.3 is 26.4 Å². The van der Waals surface area contributed by atoms with Gasteiger partial charge in [-0.3, -0.25) is 4.79 Å². The fourth-order valence-electron chi connectivity index (χ4n) is 2.32. The van der Waals surface area contributed by atoms with Crippen LogP contribution in [0.15, 0.2) is 0 Å². The zero-order valence-corrected chi connectivity index (χ0v) is 11.6. The van der Waals surface area contributed by atoms with Crippen molar-refractivity contribution in [2.24, 2.45) is 11.1 Å². The number of urea groups is 2. The van der Waals surface area contributed by atoms with E-state index in [1.54, 1.807) is 4.90 Å². The summed E-state index contributed by atoms with van der Waals surface area (Å²) in [6, 6.07) is -0.877. The summed E-state index contributed by atoms with van der Waals surface area (Å²) in [5.41, 5.74) is 4.19. The number of aliphatic carboxylic acids is 1. The molecule has 114 valence electrons. The van der Waals surface area contributed by atoms with Crippen LogP contribution >= 0.6 is 0 Å². The summed E-state index contributed by atoms with van der Waals surface area (Å²) < 4.78 is 0. The van der Waals surface area contributed by atoms with Crippen molar-refractivity contribution in [1.29, 1.82) is 0 Å². The van der Waals surface area contributed by atoms with Crippen molar-refractivity contribution in [3.63, 3.8) is 0 Å². The number of carboxylic acids is 1. The molecule has 0 aromatic carbocycles. The maximum atomic E-state index is 11.8. The zero-order valence-electron chi connectivity index (χ0n) is 11.6. The molecule has 8 nitrogen and oxygen atoms in total. The Labute approximate surface area is 117 Å². The van der Waals surface area contributed by atoms with Gasteiger partial charge in [-0.25, -0.2) is 9.59 Å². The fourth-order valence-corrected chi connectivity index (χ4v) is 2.32. The number of rotatable bonds is 5. The average Bonchev–Trinajstić information content (AvgIpc) is 2.43. The Balaban J connectivity index is 2.35. The first-order valence-electron chi connectivity index (χ1n) is 6.71. The number of nitrogens with two attached hydrogens (primary N) is 1. The van der Waals surface area contributed by atoms with Crippen LogP contribution in [0.25, 0.3) is 0 Å². The second-order valence-corrected chi connectivity index (χ2v) is 4.95. The molecule has 1 rings (SSSR count). The molecule has 0 unspecified atom stereocenters. The summed E-state index contributed by atoms with van der Waals surface area (Å²) in [6.45, 7) is 3.27. The number of nitrogens with zero attached hydrogens (tertiary/aromatic N) is 1. The number of amides is 4. The lowest BCUT2D eigenvalue weighted by molar-refractivity contribution is -0.151. The van der Waals surface area contributed by atoms with Crippen molar-refractivity contribution in [3.05, 3.63) is 0 Å². The fraction of sp³-hybridized carbons (Fsp3) is 0.750. The van der Waals surface area contributed by atoms with Gasteiger partial charge >= 0.3 is 18.0 Å².